The normalized spacial score (nSPS) is 11.4. The van der Waals surface area contributed by atoms with Gasteiger partial charge in [-0.2, -0.15) is 0 Å². The van der Waals surface area contributed by atoms with Crippen LogP contribution < -0.4 is 10.6 Å². The van der Waals surface area contributed by atoms with Gasteiger partial charge in [-0.05, 0) is 36.8 Å². The van der Waals surface area contributed by atoms with Gasteiger partial charge in [-0.15, -0.1) is 0 Å². The fourth-order valence-electron chi connectivity index (χ4n) is 1.50. The number of rotatable bonds is 6. The van der Waals surface area contributed by atoms with Crippen molar-refractivity contribution in [1.82, 2.24) is 9.62 Å². The molecular weight excluding hydrogens is 294 g/mol. The summed E-state index contributed by atoms with van der Waals surface area (Å²) in [5, 5.41) is 6.56. The van der Waals surface area contributed by atoms with Crippen LogP contribution in [0.4, 0.5) is 5.69 Å². The molecule has 0 aliphatic heterocycles. The van der Waals surface area contributed by atoms with Crippen molar-refractivity contribution in [3.63, 3.8) is 0 Å². The van der Waals surface area contributed by atoms with Gasteiger partial charge in [0.15, 0.2) is 5.11 Å². The summed E-state index contributed by atoms with van der Waals surface area (Å²) in [5.41, 5.74) is 0.655. The number of unbranched alkanes of at least 4 members (excludes halogenated alkanes) is 1. The van der Waals surface area contributed by atoms with Crippen molar-refractivity contribution in [2.45, 2.75) is 24.7 Å². The summed E-state index contributed by atoms with van der Waals surface area (Å²) >= 11 is 5.16. The molecule has 0 radical (unpaired) electrons. The first kappa shape index (κ1) is 16.9. The van der Waals surface area contributed by atoms with Crippen molar-refractivity contribution in [1.29, 1.82) is 0 Å². The number of hydrogen-bond acceptors (Lipinski definition) is 3. The smallest absolute Gasteiger partial charge is 0.242 e. The second-order valence-electron chi connectivity index (χ2n) is 4.55. The molecule has 0 amide bonds. The molecule has 0 fully saturated rings. The van der Waals surface area contributed by atoms with E-state index in [4.69, 9.17) is 12.2 Å². The highest BCUT2D eigenvalue weighted by Gasteiger charge is 2.17. The molecule has 0 atom stereocenters. The molecule has 1 aromatic rings. The molecule has 1 aromatic carbocycles. The molecule has 0 aromatic heterocycles. The van der Waals surface area contributed by atoms with E-state index in [9.17, 15) is 8.42 Å². The van der Waals surface area contributed by atoms with Crippen LogP contribution in [0.15, 0.2) is 29.2 Å². The van der Waals surface area contributed by atoms with Gasteiger partial charge in [0.1, 0.15) is 0 Å². The third-order valence-corrected chi connectivity index (χ3v) is 4.74. The van der Waals surface area contributed by atoms with Gasteiger partial charge in [0, 0.05) is 26.3 Å². The first-order valence-corrected chi connectivity index (χ1v) is 8.30. The second-order valence-corrected chi connectivity index (χ2v) is 7.11. The average Bonchev–Trinajstić information content (AvgIpc) is 2.39. The van der Waals surface area contributed by atoms with Crippen molar-refractivity contribution < 1.29 is 8.42 Å². The fraction of sp³-hybridized carbons (Fsp3) is 0.462. The van der Waals surface area contributed by atoms with E-state index in [0.717, 1.165) is 19.4 Å². The zero-order valence-corrected chi connectivity index (χ0v) is 13.6. The summed E-state index contributed by atoms with van der Waals surface area (Å²) in [6, 6.07) is 6.60. The maximum absolute atomic E-state index is 12.0. The van der Waals surface area contributed by atoms with E-state index >= 15 is 0 Å². The summed E-state index contributed by atoms with van der Waals surface area (Å²) in [7, 11) is -0.414. The monoisotopic (exact) mass is 315 g/mol. The number of nitrogens with one attached hydrogen (secondary N) is 2. The Kier molecular flexibility index (Phi) is 6.38. The molecule has 0 saturated heterocycles. The lowest BCUT2D eigenvalue weighted by atomic mass is 10.3. The quantitative estimate of drug-likeness (QED) is 0.621. The molecule has 5 nitrogen and oxygen atoms in total. The Bertz CT molecular complexity index is 556. The molecule has 0 heterocycles. The van der Waals surface area contributed by atoms with Crippen molar-refractivity contribution in [2.24, 2.45) is 0 Å². The number of benzene rings is 1. The van der Waals surface area contributed by atoms with Crippen molar-refractivity contribution in [2.75, 3.05) is 26.0 Å². The zero-order chi connectivity index (χ0) is 15.2. The van der Waals surface area contributed by atoms with Crippen LogP contribution in [-0.2, 0) is 10.0 Å². The summed E-state index contributed by atoms with van der Waals surface area (Å²) in [6.45, 7) is 2.91. The maximum Gasteiger partial charge on any atom is 0.242 e. The topological polar surface area (TPSA) is 61.4 Å². The van der Waals surface area contributed by atoms with Crippen LogP contribution in [0.1, 0.15) is 19.8 Å². The standard InChI is InChI=1S/C13H21N3O2S2/c1-4-5-9-14-13(19)15-11-7-6-8-12(10-11)20(17,18)16(2)3/h6-8,10H,4-5,9H2,1-3H3,(H2,14,15,19). The van der Waals surface area contributed by atoms with E-state index in [-0.39, 0.29) is 4.90 Å². The van der Waals surface area contributed by atoms with E-state index in [0.29, 0.717) is 10.8 Å². The maximum atomic E-state index is 12.0. The van der Waals surface area contributed by atoms with Crippen molar-refractivity contribution >= 4 is 33.0 Å². The number of anilines is 1. The first-order chi connectivity index (χ1) is 9.37. The van der Waals surface area contributed by atoms with Gasteiger partial charge in [0.05, 0.1) is 4.90 Å². The number of sulfonamides is 1. The summed E-state index contributed by atoms with van der Waals surface area (Å²) in [5.74, 6) is 0. The fourth-order valence-corrected chi connectivity index (χ4v) is 2.67. The van der Waals surface area contributed by atoms with Gasteiger partial charge in [-0.25, -0.2) is 12.7 Å². The molecule has 0 unspecified atom stereocenters. The lowest BCUT2D eigenvalue weighted by Crippen LogP contribution is -2.29. The van der Waals surface area contributed by atoms with E-state index in [1.807, 2.05) is 0 Å². The average molecular weight is 315 g/mol. The predicted molar refractivity (Wildman–Crippen MR) is 86.4 cm³/mol. The van der Waals surface area contributed by atoms with Crippen LogP contribution in [0.2, 0.25) is 0 Å². The minimum atomic E-state index is -3.43. The Hall–Kier alpha value is -1.18. The zero-order valence-electron chi connectivity index (χ0n) is 12.0. The largest absolute Gasteiger partial charge is 0.362 e. The van der Waals surface area contributed by atoms with Gasteiger partial charge in [-0.1, -0.05) is 19.4 Å². The first-order valence-electron chi connectivity index (χ1n) is 6.45. The highest BCUT2D eigenvalue weighted by molar-refractivity contribution is 7.89. The summed E-state index contributed by atoms with van der Waals surface area (Å²) in [6.07, 6.45) is 2.13. The molecule has 1 rings (SSSR count). The Labute approximate surface area is 126 Å². The minimum absolute atomic E-state index is 0.240. The molecule has 0 bridgehead atoms. The van der Waals surface area contributed by atoms with Crippen molar-refractivity contribution in [3.05, 3.63) is 24.3 Å². The third kappa shape index (κ3) is 4.73. The lowest BCUT2D eigenvalue weighted by molar-refractivity contribution is 0.521. The molecule has 112 valence electrons. The Morgan fingerprint density at radius 1 is 1.35 bits per heavy atom. The SMILES string of the molecule is CCCCNC(=S)Nc1cccc(S(=O)(=O)N(C)C)c1. The number of thiocarbonyl (C=S) groups is 1. The molecule has 0 aliphatic rings. The summed E-state index contributed by atoms with van der Waals surface area (Å²) in [4.78, 5) is 0.240. The van der Waals surface area contributed by atoms with E-state index in [1.165, 1.54) is 18.4 Å². The Balaban J connectivity index is 2.77. The highest BCUT2D eigenvalue weighted by Crippen LogP contribution is 2.17. The van der Waals surface area contributed by atoms with Gasteiger partial charge >= 0.3 is 0 Å². The van der Waals surface area contributed by atoms with E-state index in [2.05, 4.69) is 17.6 Å². The number of nitrogens with zero attached hydrogens (tertiary/aromatic N) is 1. The predicted octanol–water partition coefficient (Wildman–Crippen LogP) is 2.02. The van der Waals surface area contributed by atoms with Crippen LogP contribution in [0.5, 0.6) is 0 Å². The number of hydrogen-bond donors (Lipinski definition) is 2. The molecule has 7 heteroatoms. The highest BCUT2D eigenvalue weighted by atomic mass is 32.2. The molecule has 2 N–H and O–H groups in total. The van der Waals surface area contributed by atoms with Gasteiger partial charge in [-0.3, -0.25) is 0 Å². The van der Waals surface area contributed by atoms with Crippen LogP contribution in [0, 0.1) is 0 Å². The van der Waals surface area contributed by atoms with Crippen LogP contribution in [0.3, 0.4) is 0 Å². The molecular formula is C13H21N3O2S2. The molecule has 0 spiro atoms. The van der Waals surface area contributed by atoms with Crippen molar-refractivity contribution in [3.8, 4) is 0 Å². The van der Waals surface area contributed by atoms with E-state index < -0.39 is 10.0 Å². The van der Waals surface area contributed by atoms with Gasteiger partial charge in [0.25, 0.3) is 0 Å². The molecule has 20 heavy (non-hydrogen) atoms. The minimum Gasteiger partial charge on any atom is -0.362 e. The molecule has 0 saturated carbocycles. The van der Waals surface area contributed by atoms with Crippen LogP contribution in [-0.4, -0.2) is 38.5 Å². The van der Waals surface area contributed by atoms with Gasteiger partial charge in [0.2, 0.25) is 10.0 Å². The van der Waals surface area contributed by atoms with Crippen LogP contribution in [0.25, 0.3) is 0 Å². The lowest BCUT2D eigenvalue weighted by Gasteiger charge is -2.14. The van der Waals surface area contributed by atoms with E-state index in [1.54, 1.807) is 24.3 Å². The second kappa shape index (κ2) is 7.56. The van der Waals surface area contributed by atoms with Gasteiger partial charge < -0.3 is 10.6 Å². The Morgan fingerprint density at radius 2 is 2.05 bits per heavy atom. The third-order valence-electron chi connectivity index (χ3n) is 2.69. The molecule has 0 aliphatic carbocycles. The Morgan fingerprint density at radius 3 is 2.65 bits per heavy atom. The summed E-state index contributed by atoms with van der Waals surface area (Å²) < 4.78 is 25.2. The van der Waals surface area contributed by atoms with Crippen LogP contribution >= 0.6 is 12.2 Å².